The number of sulfonamides is 1. The molecule has 0 aromatic carbocycles. The summed E-state index contributed by atoms with van der Waals surface area (Å²) in [5, 5.41) is 8.60. The Hall–Kier alpha value is -1.45. The normalized spacial score (nSPS) is 16.5. The summed E-state index contributed by atoms with van der Waals surface area (Å²) in [5.74, 6) is 0. The molecule has 0 N–H and O–H groups in total. The van der Waals surface area contributed by atoms with Gasteiger partial charge in [0.1, 0.15) is 16.7 Å². The standard InChI is InChI=1S/C11H13N3O2S/c1-14(10-3-2-4-10)17(15,16)11-6-5-9(7-12)13-8-11/h5-6,8,10H,2-4H2,1H3. The number of rotatable bonds is 3. The number of hydrogen-bond acceptors (Lipinski definition) is 4. The highest BCUT2D eigenvalue weighted by Gasteiger charge is 2.31. The summed E-state index contributed by atoms with van der Waals surface area (Å²) in [4.78, 5) is 3.93. The average Bonchev–Trinajstić information content (AvgIpc) is 2.27. The van der Waals surface area contributed by atoms with Gasteiger partial charge >= 0.3 is 0 Å². The summed E-state index contributed by atoms with van der Waals surface area (Å²) in [6.07, 6.45) is 4.15. The predicted molar refractivity (Wildman–Crippen MR) is 61.5 cm³/mol. The Labute approximate surface area is 101 Å². The molecule has 90 valence electrons. The summed E-state index contributed by atoms with van der Waals surface area (Å²) >= 11 is 0. The van der Waals surface area contributed by atoms with Crippen LogP contribution in [0.3, 0.4) is 0 Å². The molecule has 0 atom stereocenters. The third-order valence-electron chi connectivity index (χ3n) is 3.12. The van der Waals surface area contributed by atoms with E-state index in [1.807, 2.05) is 6.07 Å². The fourth-order valence-corrected chi connectivity index (χ4v) is 3.07. The first kappa shape index (κ1) is 12.0. The van der Waals surface area contributed by atoms with Gasteiger partial charge in [-0.15, -0.1) is 0 Å². The maximum atomic E-state index is 12.2. The van der Waals surface area contributed by atoms with Crippen LogP contribution in [0.5, 0.6) is 0 Å². The van der Waals surface area contributed by atoms with Crippen LogP contribution in [-0.2, 0) is 10.0 Å². The first-order valence-electron chi connectivity index (χ1n) is 5.40. The van der Waals surface area contributed by atoms with Gasteiger partial charge in [0, 0.05) is 19.3 Å². The lowest BCUT2D eigenvalue weighted by Gasteiger charge is -2.33. The van der Waals surface area contributed by atoms with Gasteiger partial charge in [-0.05, 0) is 25.0 Å². The van der Waals surface area contributed by atoms with Gasteiger partial charge < -0.3 is 0 Å². The Morgan fingerprint density at radius 3 is 2.59 bits per heavy atom. The van der Waals surface area contributed by atoms with Gasteiger partial charge in [0.15, 0.2) is 0 Å². The van der Waals surface area contributed by atoms with Crippen LogP contribution >= 0.6 is 0 Å². The van der Waals surface area contributed by atoms with E-state index >= 15 is 0 Å². The fourth-order valence-electron chi connectivity index (χ4n) is 1.71. The smallest absolute Gasteiger partial charge is 0.244 e. The third kappa shape index (κ3) is 2.16. The second-order valence-corrected chi connectivity index (χ2v) is 6.09. The van der Waals surface area contributed by atoms with Crippen molar-refractivity contribution in [2.24, 2.45) is 0 Å². The van der Waals surface area contributed by atoms with Gasteiger partial charge in [-0.2, -0.15) is 9.57 Å². The van der Waals surface area contributed by atoms with Crippen LogP contribution in [0.15, 0.2) is 23.2 Å². The maximum Gasteiger partial charge on any atom is 0.244 e. The lowest BCUT2D eigenvalue weighted by molar-refractivity contribution is 0.249. The molecule has 0 aliphatic heterocycles. The molecular formula is C11H13N3O2S. The van der Waals surface area contributed by atoms with E-state index in [-0.39, 0.29) is 16.6 Å². The summed E-state index contributed by atoms with van der Waals surface area (Å²) < 4.78 is 25.7. The Morgan fingerprint density at radius 2 is 2.18 bits per heavy atom. The van der Waals surface area contributed by atoms with Crippen molar-refractivity contribution in [2.45, 2.75) is 30.2 Å². The number of pyridine rings is 1. The lowest BCUT2D eigenvalue weighted by atomic mass is 9.94. The van der Waals surface area contributed by atoms with E-state index in [0.717, 1.165) is 19.3 Å². The molecule has 1 aliphatic carbocycles. The molecule has 0 radical (unpaired) electrons. The second-order valence-electron chi connectivity index (χ2n) is 4.10. The zero-order valence-electron chi connectivity index (χ0n) is 9.50. The van der Waals surface area contributed by atoms with Crippen molar-refractivity contribution >= 4 is 10.0 Å². The minimum Gasteiger partial charge on any atom is -0.244 e. The number of nitrogens with zero attached hydrogens (tertiary/aromatic N) is 3. The largest absolute Gasteiger partial charge is 0.244 e. The number of nitriles is 1. The van der Waals surface area contributed by atoms with Gasteiger partial charge in [-0.3, -0.25) is 0 Å². The molecule has 0 saturated heterocycles. The van der Waals surface area contributed by atoms with E-state index in [1.54, 1.807) is 7.05 Å². The van der Waals surface area contributed by atoms with E-state index < -0.39 is 10.0 Å². The van der Waals surface area contributed by atoms with Crippen LogP contribution < -0.4 is 0 Å². The Bertz CT molecular complexity index is 541. The molecule has 6 heteroatoms. The van der Waals surface area contributed by atoms with Crippen molar-refractivity contribution in [3.63, 3.8) is 0 Å². The molecule has 0 spiro atoms. The van der Waals surface area contributed by atoms with Gasteiger partial charge in [0.05, 0.1) is 0 Å². The van der Waals surface area contributed by atoms with E-state index in [4.69, 9.17) is 5.26 Å². The lowest BCUT2D eigenvalue weighted by Crippen LogP contribution is -2.41. The first-order chi connectivity index (χ1) is 8.05. The van der Waals surface area contributed by atoms with Crippen molar-refractivity contribution in [1.82, 2.24) is 9.29 Å². The summed E-state index contributed by atoms with van der Waals surface area (Å²) in [6, 6.07) is 4.81. The van der Waals surface area contributed by atoms with Crippen molar-refractivity contribution in [2.75, 3.05) is 7.05 Å². The molecule has 1 aromatic rings. The molecule has 0 amide bonds. The van der Waals surface area contributed by atoms with Crippen molar-refractivity contribution < 1.29 is 8.42 Å². The SMILES string of the molecule is CN(C1CCC1)S(=O)(=O)c1ccc(C#N)nc1. The van der Waals surface area contributed by atoms with E-state index in [9.17, 15) is 8.42 Å². The predicted octanol–water partition coefficient (Wildman–Crippen LogP) is 1.13. The third-order valence-corrected chi connectivity index (χ3v) is 5.01. The number of aromatic nitrogens is 1. The number of hydrogen-bond donors (Lipinski definition) is 0. The molecule has 0 unspecified atom stereocenters. The molecule has 0 bridgehead atoms. The first-order valence-corrected chi connectivity index (χ1v) is 6.84. The molecule has 1 aliphatic rings. The van der Waals surface area contributed by atoms with Crippen LogP contribution in [0.25, 0.3) is 0 Å². The van der Waals surface area contributed by atoms with Crippen molar-refractivity contribution in [3.05, 3.63) is 24.0 Å². The molecule has 17 heavy (non-hydrogen) atoms. The summed E-state index contributed by atoms with van der Waals surface area (Å²) in [7, 11) is -1.87. The second kappa shape index (κ2) is 4.43. The van der Waals surface area contributed by atoms with E-state index in [1.165, 1.54) is 22.6 Å². The maximum absolute atomic E-state index is 12.2. The van der Waals surface area contributed by atoms with Crippen LogP contribution in [0, 0.1) is 11.3 Å². The van der Waals surface area contributed by atoms with Gasteiger partial charge in [-0.25, -0.2) is 13.4 Å². The summed E-state index contributed by atoms with van der Waals surface area (Å²) in [6.45, 7) is 0. The van der Waals surface area contributed by atoms with Gasteiger partial charge in [0.25, 0.3) is 0 Å². The Balaban J connectivity index is 2.27. The quantitative estimate of drug-likeness (QED) is 0.807. The van der Waals surface area contributed by atoms with Gasteiger partial charge in [-0.1, -0.05) is 6.42 Å². The minimum absolute atomic E-state index is 0.107. The Morgan fingerprint density at radius 1 is 1.47 bits per heavy atom. The monoisotopic (exact) mass is 251 g/mol. The molecule has 1 fully saturated rings. The average molecular weight is 251 g/mol. The van der Waals surface area contributed by atoms with Crippen LogP contribution in [0.1, 0.15) is 25.0 Å². The molecule has 1 saturated carbocycles. The Kier molecular flexibility index (Phi) is 3.13. The van der Waals surface area contributed by atoms with Gasteiger partial charge in [0.2, 0.25) is 10.0 Å². The fraction of sp³-hybridized carbons (Fsp3) is 0.455. The van der Waals surface area contributed by atoms with Crippen molar-refractivity contribution in [3.8, 4) is 6.07 Å². The highest BCUT2D eigenvalue weighted by atomic mass is 32.2. The molecular weight excluding hydrogens is 238 g/mol. The van der Waals surface area contributed by atoms with E-state index in [2.05, 4.69) is 4.98 Å². The highest BCUT2D eigenvalue weighted by Crippen LogP contribution is 2.28. The van der Waals surface area contributed by atoms with Crippen LogP contribution in [0.4, 0.5) is 0 Å². The molecule has 1 heterocycles. The van der Waals surface area contributed by atoms with Crippen LogP contribution in [0.2, 0.25) is 0 Å². The summed E-state index contributed by atoms with van der Waals surface area (Å²) in [5.41, 5.74) is 0.218. The van der Waals surface area contributed by atoms with Crippen LogP contribution in [-0.4, -0.2) is 30.8 Å². The minimum atomic E-state index is -3.46. The zero-order valence-corrected chi connectivity index (χ0v) is 10.3. The molecule has 5 nitrogen and oxygen atoms in total. The highest BCUT2D eigenvalue weighted by molar-refractivity contribution is 7.89. The van der Waals surface area contributed by atoms with Crippen molar-refractivity contribution in [1.29, 1.82) is 5.26 Å². The molecule has 1 aromatic heterocycles. The zero-order chi connectivity index (χ0) is 12.5. The topological polar surface area (TPSA) is 74.1 Å². The molecule has 2 rings (SSSR count). The van der Waals surface area contributed by atoms with E-state index in [0.29, 0.717) is 0 Å².